The van der Waals surface area contributed by atoms with Gasteiger partial charge in [0, 0.05) is 3.57 Å². The predicted octanol–water partition coefficient (Wildman–Crippen LogP) is 3.80. The third kappa shape index (κ3) is 3.39. The van der Waals surface area contributed by atoms with Gasteiger partial charge in [-0.2, -0.15) is 0 Å². The van der Waals surface area contributed by atoms with Crippen molar-refractivity contribution in [3.05, 3.63) is 45.6 Å². The Morgan fingerprint density at radius 3 is 2.42 bits per heavy atom. The molecule has 0 N–H and O–H groups in total. The Labute approximate surface area is 87.8 Å². The number of hydrogen-bond acceptors (Lipinski definition) is 0. The fourth-order valence-corrected chi connectivity index (χ4v) is 1.37. The van der Waals surface area contributed by atoms with Crippen molar-refractivity contribution < 1.29 is 0 Å². The van der Waals surface area contributed by atoms with Crippen LogP contribution in [-0.2, 0) is 6.42 Å². The van der Waals surface area contributed by atoms with E-state index in [2.05, 4.69) is 60.4 Å². The van der Waals surface area contributed by atoms with Crippen LogP contribution in [0.15, 0.2) is 36.4 Å². The van der Waals surface area contributed by atoms with Gasteiger partial charge in [-0.05, 0) is 60.1 Å². The number of aryl methyl sites for hydroxylation is 1. The van der Waals surface area contributed by atoms with Gasteiger partial charge in [0.25, 0.3) is 0 Å². The second-order valence-electron chi connectivity index (χ2n) is 3.08. The molecule has 0 bridgehead atoms. The molecule has 0 aliphatic heterocycles. The predicted molar refractivity (Wildman–Crippen MR) is 62.3 cm³/mol. The summed E-state index contributed by atoms with van der Waals surface area (Å²) in [5.41, 5.74) is 2.66. The van der Waals surface area contributed by atoms with Crippen LogP contribution in [-0.4, -0.2) is 0 Å². The molecule has 0 nitrogen and oxygen atoms in total. The van der Waals surface area contributed by atoms with Crippen LogP contribution < -0.4 is 0 Å². The zero-order chi connectivity index (χ0) is 8.97. The van der Waals surface area contributed by atoms with Gasteiger partial charge in [-0.1, -0.05) is 17.7 Å². The van der Waals surface area contributed by atoms with E-state index in [-0.39, 0.29) is 0 Å². The van der Waals surface area contributed by atoms with Crippen molar-refractivity contribution in [1.29, 1.82) is 0 Å². The molecule has 12 heavy (non-hydrogen) atoms. The van der Waals surface area contributed by atoms with Crippen LogP contribution >= 0.6 is 22.6 Å². The molecule has 1 aromatic rings. The third-order valence-corrected chi connectivity index (χ3v) is 2.47. The highest BCUT2D eigenvalue weighted by Crippen LogP contribution is 2.10. The molecule has 0 heterocycles. The Morgan fingerprint density at radius 2 is 1.92 bits per heavy atom. The maximum absolute atomic E-state index is 3.89. The normalized spacial score (nSPS) is 9.83. The first-order valence-electron chi connectivity index (χ1n) is 4.07. The highest BCUT2D eigenvalue weighted by molar-refractivity contribution is 14.1. The first-order valence-corrected chi connectivity index (χ1v) is 5.15. The molecular formula is C11H13I. The van der Waals surface area contributed by atoms with Gasteiger partial charge in [0.05, 0.1) is 0 Å². The van der Waals surface area contributed by atoms with E-state index in [4.69, 9.17) is 0 Å². The average Bonchev–Trinajstić information content (AvgIpc) is 2.03. The van der Waals surface area contributed by atoms with E-state index in [1.165, 1.54) is 14.7 Å². The Balaban J connectivity index is 2.53. The van der Waals surface area contributed by atoms with Gasteiger partial charge in [0.15, 0.2) is 0 Å². The van der Waals surface area contributed by atoms with E-state index < -0.39 is 0 Å². The Bertz CT molecular complexity index is 259. The molecular weight excluding hydrogens is 259 g/mol. The molecule has 0 saturated heterocycles. The largest absolute Gasteiger partial charge is 0.100 e. The van der Waals surface area contributed by atoms with Crippen molar-refractivity contribution in [1.82, 2.24) is 0 Å². The Morgan fingerprint density at radius 1 is 1.33 bits per heavy atom. The number of allylic oxidation sites excluding steroid dienone is 1. The molecule has 1 rings (SSSR count). The molecule has 0 atom stereocenters. The minimum atomic E-state index is 1.10. The first kappa shape index (κ1) is 9.78. The standard InChI is InChI=1S/C11H13I/c1-9(2)3-4-10-5-7-11(12)8-6-10/h5-8H,1,3-4H2,2H3. The lowest BCUT2D eigenvalue weighted by Gasteiger charge is -2.00. The molecule has 0 aromatic heterocycles. The fraction of sp³-hybridized carbons (Fsp3) is 0.273. The lowest BCUT2D eigenvalue weighted by atomic mass is 10.1. The summed E-state index contributed by atoms with van der Waals surface area (Å²) in [5.74, 6) is 0. The summed E-state index contributed by atoms with van der Waals surface area (Å²) in [5, 5.41) is 0. The smallest absolute Gasteiger partial charge is 0.0130 e. The summed E-state index contributed by atoms with van der Waals surface area (Å²) in [6.07, 6.45) is 2.22. The molecule has 0 aliphatic carbocycles. The zero-order valence-electron chi connectivity index (χ0n) is 7.31. The lowest BCUT2D eigenvalue weighted by molar-refractivity contribution is 0.945. The van der Waals surface area contributed by atoms with Crippen LogP contribution in [0.1, 0.15) is 18.9 Å². The minimum Gasteiger partial charge on any atom is -0.100 e. The van der Waals surface area contributed by atoms with Crippen molar-refractivity contribution >= 4 is 22.6 Å². The van der Waals surface area contributed by atoms with Crippen molar-refractivity contribution in [3.63, 3.8) is 0 Å². The van der Waals surface area contributed by atoms with Gasteiger partial charge < -0.3 is 0 Å². The summed E-state index contributed by atoms with van der Waals surface area (Å²) in [4.78, 5) is 0. The average molecular weight is 272 g/mol. The monoisotopic (exact) mass is 272 g/mol. The summed E-state index contributed by atoms with van der Waals surface area (Å²) in [6.45, 7) is 5.96. The number of benzene rings is 1. The SMILES string of the molecule is C=C(C)CCc1ccc(I)cc1. The third-order valence-electron chi connectivity index (χ3n) is 1.75. The number of halogens is 1. The molecule has 64 valence electrons. The topological polar surface area (TPSA) is 0 Å². The molecule has 1 heteroatoms. The molecule has 0 saturated carbocycles. The van der Waals surface area contributed by atoms with Gasteiger partial charge in [-0.25, -0.2) is 0 Å². The van der Waals surface area contributed by atoms with Crippen LogP contribution in [0, 0.1) is 3.57 Å². The quantitative estimate of drug-likeness (QED) is 0.580. The highest BCUT2D eigenvalue weighted by atomic mass is 127. The van der Waals surface area contributed by atoms with Gasteiger partial charge in [-0.3, -0.25) is 0 Å². The highest BCUT2D eigenvalue weighted by Gasteiger charge is 1.92. The van der Waals surface area contributed by atoms with Crippen LogP contribution in [0.4, 0.5) is 0 Å². The zero-order valence-corrected chi connectivity index (χ0v) is 9.47. The Hall–Kier alpha value is -0.310. The van der Waals surface area contributed by atoms with Crippen molar-refractivity contribution in [2.75, 3.05) is 0 Å². The summed E-state index contributed by atoms with van der Waals surface area (Å²) in [7, 11) is 0. The van der Waals surface area contributed by atoms with Crippen LogP contribution in [0.5, 0.6) is 0 Å². The van der Waals surface area contributed by atoms with E-state index in [0.717, 1.165) is 12.8 Å². The molecule has 0 aliphatic rings. The van der Waals surface area contributed by atoms with Gasteiger partial charge in [0.2, 0.25) is 0 Å². The van der Waals surface area contributed by atoms with Crippen molar-refractivity contribution in [2.24, 2.45) is 0 Å². The summed E-state index contributed by atoms with van der Waals surface area (Å²) in [6, 6.07) is 8.66. The second kappa shape index (κ2) is 4.65. The maximum Gasteiger partial charge on any atom is 0.0130 e. The van der Waals surface area contributed by atoms with Crippen molar-refractivity contribution in [3.8, 4) is 0 Å². The maximum atomic E-state index is 3.89. The van der Waals surface area contributed by atoms with Crippen LogP contribution in [0.25, 0.3) is 0 Å². The summed E-state index contributed by atoms with van der Waals surface area (Å²) >= 11 is 2.32. The second-order valence-corrected chi connectivity index (χ2v) is 4.33. The lowest BCUT2D eigenvalue weighted by Crippen LogP contribution is -1.85. The van der Waals surface area contributed by atoms with Gasteiger partial charge in [-0.15, -0.1) is 6.58 Å². The van der Waals surface area contributed by atoms with Crippen LogP contribution in [0.2, 0.25) is 0 Å². The molecule has 0 spiro atoms. The fourth-order valence-electron chi connectivity index (χ4n) is 1.01. The molecule has 0 radical (unpaired) electrons. The van der Waals surface area contributed by atoms with E-state index >= 15 is 0 Å². The van der Waals surface area contributed by atoms with Gasteiger partial charge in [0.1, 0.15) is 0 Å². The molecule has 0 fully saturated rings. The van der Waals surface area contributed by atoms with E-state index in [9.17, 15) is 0 Å². The van der Waals surface area contributed by atoms with Gasteiger partial charge >= 0.3 is 0 Å². The number of hydrogen-bond donors (Lipinski definition) is 0. The minimum absolute atomic E-state index is 1.10. The summed E-state index contributed by atoms with van der Waals surface area (Å²) < 4.78 is 1.30. The van der Waals surface area contributed by atoms with Crippen molar-refractivity contribution in [2.45, 2.75) is 19.8 Å². The molecule has 1 aromatic carbocycles. The van der Waals surface area contributed by atoms with E-state index in [1.54, 1.807) is 0 Å². The first-order chi connectivity index (χ1) is 5.68. The molecule has 0 amide bonds. The van der Waals surface area contributed by atoms with E-state index in [0.29, 0.717) is 0 Å². The Kier molecular flexibility index (Phi) is 3.79. The van der Waals surface area contributed by atoms with E-state index in [1.807, 2.05) is 0 Å². The van der Waals surface area contributed by atoms with Crippen LogP contribution in [0.3, 0.4) is 0 Å². The molecule has 0 unspecified atom stereocenters. The number of rotatable bonds is 3.